The third-order valence-corrected chi connectivity index (χ3v) is 4.28. The minimum Gasteiger partial charge on any atom is -0.476 e. The summed E-state index contributed by atoms with van der Waals surface area (Å²) in [6.45, 7) is 3.96. The molecule has 1 amide bonds. The van der Waals surface area contributed by atoms with Crippen molar-refractivity contribution in [1.29, 1.82) is 0 Å². The smallest absolute Gasteiger partial charge is 0.355 e. The molecule has 0 unspecified atom stereocenters. The second-order valence-corrected chi connectivity index (χ2v) is 5.87. The van der Waals surface area contributed by atoms with Gasteiger partial charge in [-0.3, -0.25) is 4.79 Å². The molecule has 1 saturated heterocycles. The molecule has 1 aromatic heterocycles. The van der Waals surface area contributed by atoms with Gasteiger partial charge in [-0.15, -0.1) is 11.3 Å². The van der Waals surface area contributed by atoms with Gasteiger partial charge in [-0.1, -0.05) is 6.92 Å². The quantitative estimate of drug-likeness (QED) is 0.762. The Morgan fingerprint density at radius 2 is 2.21 bits per heavy atom. The van der Waals surface area contributed by atoms with Crippen LogP contribution in [0.5, 0.6) is 0 Å². The van der Waals surface area contributed by atoms with Crippen molar-refractivity contribution in [3.63, 3.8) is 0 Å². The molecule has 0 spiro atoms. The third kappa shape index (κ3) is 3.30. The number of hydrogen-bond donors (Lipinski definition) is 3. The summed E-state index contributed by atoms with van der Waals surface area (Å²) in [7, 11) is 0. The predicted octanol–water partition coefficient (Wildman–Crippen LogP) is 0.847. The van der Waals surface area contributed by atoms with Crippen LogP contribution in [-0.4, -0.2) is 35.1 Å². The Labute approximate surface area is 115 Å². The van der Waals surface area contributed by atoms with Gasteiger partial charge in [-0.25, -0.2) is 9.78 Å². The van der Waals surface area contributed by atoms with Gasteiger partial charge in [0.15, 0.2) is 5.69 Å². The van der Waals surface area contributed by atoms with Gasteiger partial charge < -0.3 is 15.7 Å². The number of rotatable bonds is 4. The summed E-state index contributed by atoms with van der Waals surface area (Å²) in [6.07, 6.45) is 1.63. The van der Waals surface area contributed by atoms with Gasteiger partial charge in [0.1, 0.15) is 5.01 Å². The number of nitrogens with zero attached hydrogens (tertiary/aromatic N) is 1. The minimum absolute atomic E-state index is 0.0149. The molecule has 1 aliphatic rings. The summed E-state index contributed by atoms with van der Waals surface area (Å²) in [5.41, 5.74) is -0.305. The maximum Gasteiger partial charge on any atom is 0.355 e. The molecule has 7 heteroatoms. The molecule has 1 fully saturated rings. The molecular formula is C12H17N3O3S. The zero-order chi connectivity index (χ0) is 13.9. The van der Waals surface area contributed by atoms with E-state index in [2.05, 4.69) is 15.6 Å². The summed E-state index contributed by atoms with van der Waals surface area (Å²) >= 11 is 1.25. The van der Waals surface area contributed by atoms with Gasteiger partial charge in [-0.05, 0) is 25.9 Å². The molecule has 0 atom stereocenters. The van der Waals surface area contributed by atoms with E-state index >= 15 is 0 Å². The van der Waals surface area contributed by atoms with Crippen LogP contribution >= 0.6 is 11.3 Å². The Kier molecular flexibility index (Phi) is 4.16. The van der Waals surface area contributed by atoms with Gasteiger partial charge in [0.05, 0.1) is 6.54 Å². The highest BCUT2D eigenvalue weighted by atomic mass is 32.1. The molecule has 19 heavy (non-hydrogen) atoms. The van der Waals surface area contributed by atoms with Crippen molar-refractivity contribution < 1.29 is 14.7 Å². The van der Waals surface area contributed by atoms with Crippen LogP contribution in [-0.2, 0) is 11.3 Å². The van der Waals surface area contributed by atoms with E-state index in [0.29, 0.717) is 11.6 Å². The van der Waals surface area contributed by atoms with Crippen molar-refractivity contribution in [3.8, 4) is 0 Å². The zero-order valence-electron chi connectivity index (χ0n) is 10.7. The molecule has 0 aromatic carbocycles. The fourth-order valence-corrected chi connectivity index (χ4v) is 2.77. The third-order valence-electron chi connectivity index (χ3n) is 3.43. The largest absolute Gasteiger partial charge is 0.476 e. The first-order chi connectivity index (χ1) is 9.01. The Morgan fingerprint density at radius 3 is 2.79 bits per heavy atom. The highest BCUT2D eigenvalue weighted by Crippen LogP contribution is 2.28. The van der Waals surface area contributed by atoms with Crippen LogP contribution in [0.25, 0.3) is 0 Å². The van der Waals surface area contributed by atoms with Gasteiger partial charge in [0.2, 0.25) is 5.91 Å². The standard InChI is InChI=1S/C12H17N3O3S/c1-12(2-4-13-5-3-12)11(18)14-6-9-15-8(7-19-9)10(16)17/h7,13H,2-6H2,1H3,(H,14,18)(H,16,17). The Morgan fingerprint density at radius 1 is 1.53 bits per heavy atom. The summed E-state index contributed by atoms with van der Waals surface area (Å²) in [6, 6.07) is 0. The van der Waals surface area contributed by atoms with Gasteiger partial charge in [0.25, 0.3) is 0 Å². The van der Waals surface area contributed by atoms with Crippen molar-refractivity contribution in [2.24, 2.45) is 5.41 Å². The molecule has 0 aliphatic carbocycles. The van der Waals surface area contributed by atoms with Crippen molar-refractivity contribution >= 4 is 23.2 Å². The number of carboxylic acids is 1. The highest BCUT2D eigenvalue weighted by Gasteiger charge is 2.34. The second-order valence-electron chi connectivity index (χ2n) is 4.92. The molecule has 104 valence electrons. The molecule has 0 bridgehead atoms. The number of hydrogen-bond acceptors (Lipinski definition) is 5. The van der Waals surface area contributed by atoms with Crippen LogP contribution in [0.4, 0.5) is 0 Å². The molecule has 0 radical (unpaired) electrons. The van der Waals surface area contributed by atoms with E-state index in [0.717, 1.165) is 25.9 Å². The first-order valence-corrected chi connectivity index (χ1v) is 7.06. The lowest BCUT2D eigenvalue weighted by atomic mass is 9.80. The number of piperidine rings is 1. The molecule has 3 N–H and O–H groups in total. The second kappa shape index (κ2) is 5.66. The van der Waals surface area contributed by atoms with Crippen molar-refractivity contribution in [3.05, 3.63) is 16.1 Å². The average molecular weight is 283 g/mol. The van der Waals surface area contributed by atoms with E-state index in [1.807, 2.05) is 6.92 Å². The monoisotopic (exact) mass is 283 g/mol. The predicted molar refractivity (Wildman–Crippen MR) is 71.1 cm³/mol. The molecule has 2 heterocycles. The fraction of sp³-hybridized carbons (Fsp3) is 0.583. The van der Waals surface area contributed by atoms with Crippen LogP contribution in [0.1, 0.15) is 35.3 Å². The molecule has 2 rings (SSSR count). The van der Waals surface area contributed by atoms with E-state index in [9.17, 15) is 9.59 Å². The first kappa shape index (κ1) is 14.0. The maximum absolute atomic E-state index is 12.2. The van der Waals surface area contributed by atoms with Crippen LogP contribution < -0.4 is 10.6 Å². The minimum atomic E-state index is -1.04. The summed E-state index contributed by atoms with van der Waals surface area (Å²) in [5.74, 6) is -1.03. The Balaban J connectivity index is 1.90. The topological polar surface area (TPSA) is 91.3 Å². The van der Waals surface area contributed by atoms with Crippen LogP contribution in [0.3, 0.4) is 0 Å². The van der Waals surface area contributed by atoms with E-state index in [-0.39, 0.29) is 17.0 Å². The number of aromatic carboxylic acids is 1. The van der Waals surface area contributed by atoms with Gasteiger partial charge >= 0.3 is 5.97 Å². The summed E-state index contributed by atoms with van der Waals surface area (Å²) < 4.78 is 0. The Bertz CT molecular complexity index is 480. The van der Waals surface area contributed by atoms with Crippen LogP contribution in [0.15, 0.2) is 5.38 Å². The number of carboxylic acid groups (broad SMARTS) is 1. The Hall–Kier alpha value is -1.47. The van der Waals surface area contributed by atoms with E-state index in [1.54, 1.807) is 0 Å². The number of thiazole rings is 1. The molecular weight excluding hydrogens is 266 g/mol. The zero-order valence-corrected chi connectivity index (χ0v) is 11.5. The van der Waals surface area contributed by atoms with E-state index < -0.39 is 5.97 Å². The van der Waals surface area contributed by atoms with Gasteiger partial charge in [-0.2, -0.15) is 0 Å². The molecule has 1 aliphatic heterocycles. The van der Waals surface area contributed by atoms with E-state index in [1.165, 1.54) is 16.7 Å². The van der Waals surface area contributed by atoms with E-state index in [4.69, 9.17) is 5.11 Å². The fourth-order valence-electron chi connectivity index (χ4n) is 2.07. The van der Waals surface area contributed by atoms with Gasteiger partial charge in [0, 0.05) is 10.8 Å². The number of aromatic nitrogens is 1. The molecule has 1 aromatic rings. The number of carbonyl (C=O) groups excluding carboxylic acids is 1. The number of amides is 1. The molecule has 6 nitrogen and oxygen atoms in total. The lowest BCUT2D eigenvalue weighted by molar-refractivity contribution is -0.131. The average Bonchev–Trinajstić information content (AvgIpc) is 2.85. The lowest BCUT2D eigenvalue weighted by Crippen LogP contribution is -2.45. The highest BCUT2D eigenvalue weighted by molar-refractivity contribution is 7.09. The summed E-state index contributed by atoms with van der Waals surface area (Å²) in [5, 5.41) is 16.9. The van der Waals surface area contributed by atoms with Crippen LogP contribution in [0, 0.1) is 5.41 Å². The van der Waals surface area contributed by atoms with Crippen molar-refractivity contribution in [2.75, 3.05) is 13.1 Å². The first-order valence-electron chi connectivity index (χ1n) is 6.18. The normalized spacial score (nSPS) is 17.9. The number of nitrogens with one attached hydrogen (secondary N) is 2. The molecule has 0 saturated carbocycles. The van der Waals surface area contributed by atoms with Crippen molar-refractivity contribution in [1.82, 2.24) is 15.6 Å². The number of carbonyl (C=O) groups is 2. The van der Waals surface area contributed by atoms with Crippen molar-refractivity contribution in [2.45, 2.75) is 26.3 Å². The SMILES string of the molecule is CC1(C(=O)NCc2nc(C(=O)O)cs2)CCNCC1. The summed E-state index contributed by atoms with van der Waals surface area (Å²) in [4.78, 5) is 26.8. The lowest BCUT2D eigenvalue weighted by Gasteiger charge is -2.32. The maximum atomic E-state index is 12.2. The van der Waals surface area contributed by atoms with Crippen LogP contribution in [0.2, 0.25) is 0 Å².